The van der Waals surface area contributed by atoms with Crippen LogP contribution in [0.3, 0.4) is 0 Å². The third-order valence-corrected chi connectivity index (χ3v) is 6.68. The average molecular weight is 409 g/mol. The first-order valence-electron chi connectivity index (χ1n) is 11.4. The van der Waals surface area contributed by atoms with Crippen molar-refractivity contribution in [3.63, 3.8) is 0 Å². The Balaban J connectivity index is 1.25. The lowest BCUT2D eigenvalue weighted by Crippen LogP contribution is -2.25. The normalized spacial score (nSPS) is 19.2. The molecule has 5 nitrogen and oxygen atoms in total. The van der Waals surface area contributed by atoms with Crippen LogP contribution in [0.25, 0.3) is 11.1 Å². The molecule has 2 aromatic rings. The maximum atomic E-state index is 10.8. The quantitative estimate of drug-likeness (QED) is 0.722. The molecule has 0 atom stereocenters. The Bertz CT molecular complexity index is 801. The number of benzene rings is 2. The summed E-state index contributed by atoms with van der Waals surface area (Å²) in [5.74, 6) is 1.74. The van der Waals surface area contributed by atoms with Gasteiger partial charge in [0.25, 0.3) is 0 Å². The number of rotatable bonds is 8. The second-order valence-electron chi connectivity index (χ2n) is 8.70. The van der Waals surface area contributed by atoms with Crippen molar-refractivity contribution in [3.05, 3.63) is 47.5 Å². The summed E-state index contributed by atoms with van der Waals surface area (Å²) in [6.07, 6.45) is 4.63. The molecule has 1 aliphatic carbocycles. The molecule has 30 heavy (non-hydrogen) atoms. The third-order valence-electron chi connectivity index (χ3n) is 6.68. The molecule has 3 aliphatic rings. The van der Waals surface area contributed by atoms with Gasteiger partial charge in [0, 0.05) is 13.1 Å². The molecular formula is C25H32N2O3. The number of aliphatic hydroxyl groups is 1. The third kappa shape index (κ3) is 4.20. The van der Waals surface area contributed by atoms with Gasteiger partial charge in [0.1, 0.15) is 30.8 Å². The minimum absolute atomic E-state index is 0.577. The molecule has 2 aromatic carbocycles. The summed E-state index contributed by atoms with van der Waals surface area (Å²) in [6.45, 7) is 8.11. The molecule has 1 N–H and O–H groups in total. The van der Waals surface area contributed by atoms with Crippen molar-refractivity contribution >= 4 is 0 Å². The fourth-order valence-electron chi connectivity index (χ4n) is 4.96. The van der Waals surface area contributed by atoms with Gasteiger partial charge in [0.05, 0.1) is 0 Å². The smallest absolute Gasteiger partial charge is 0.120 e. The number of hydrogen-bond acceptors (Lipinski definition) is 5. The van der Waals surface area contributed by atoms with Gasteiger partial charge >= 0.3 is 0 Å². The fourth-order valence-corrected chi connectivity index (χ4v) is 4.96. The van der Waals surface area contributed by atoms with Gasteiger partial charge in [-0.15, -0.1) is 0 Å². The number of fused-ring (bicyclic) bond motifs is 3. The van der Waals surface area contributed by atoms with Crippen molar-refractivity contribution in [2.24, 2.45) is 0 Å². The van der Waals surface area contributed by atoms with Crippen LogP contribution in [0.15, 0.2) is 36.4 Å². The van der Waals surface area contributed by atoms with E-state index >= 15 is 0 Å². The van der Waals surface area contributed by atoms with E-state index in [2.05, 4.69) is 21.9 Å². The summed E-state index contributed by atoms with van der Waals surface area (Å²) in [7, 11) is 0. The zero-order chi connectivity index (χ0) is 20.3. The highest BCUT2D eigenvalue weighted by Gasteiger charge is 2.28. The van der Waals surface area contributed by atoms with E-state index in [1.54, 1.807) is 0 Å². The Kier molecular flexibility index (Phi) is 5.93. The van der Waals surface area contributed by atoms with Crippen LogP contribution >= 0.6 is 0 Å². The monoisotopic (exact) mass is 408 g/mol. The number of ether oxygens (including phenoxy) is 2. The molecular weight excluding hydrogens is 376 g/mol. The topological polar surface area (TPSA) is 45.2 Å². The van der Waals surface area contributed by atoms with E-state index in [4.69, 9.17) is 9.47 Å². The highest BCUT2D eigenvalue weighted by molar-refractivity contribution is 5.80. The predicted octanol–water partition coefficient (Wildman–Crippen LogP) is 3.70. The predicted molar refractivity (Wildman–Crippen MR) is 118 cm³/mol. The molecule has 0 amide bonds. The number of hydrogen-bond donors (Lipinski definition) is 1. The van der Waals surface area contributed by atoms with E-state index in [1.807, 2.05) is 24.3 Å². The highest BCUT2D eigenvalue weighted by atomic mass is 16.5. The van der Waals surface area contributed by atoms with Gasteiger partial charge in [-0.3, -0.25) is 9.80 Å². The summed E-state index contributed by atoms with van der Waals surface area (Å²) in [5.41, 5.74) is 4.01. The van der Waals surface area contributed by atoms with Crippen LogP contribution in [0.5, 0.6) is 11.5 Å². The Morgan fingerprint density at radius 3 is 1.57 bits per heavy atom. The Morgan fingerprint density at radius 1 is 0.700 bits per heavy atom. The van der Waals surface area contributed by atoms with Crippen LogP contribution in [-0.4, -0.2) is 67.4 Å². The second-order valence-corrected chi connectivity index (χ2v) is 8.70. The summed E-state index contributed by atoms with van der Waals surface area (Å²) >= 11 is 0. The molecule has 0 saturated carbocycles. The summed E-state index contributed by atoms with van der Waals surface area (Å²) in [6, 6.07) is 12.1. The lowest BCUT2D eigenvalue weighted by molar-refractivity contribution is 0.224. The number of aliphatic hydroxyl groups excluding tert-OH is 1. The molecule has 160 valence electrons. The number of nitrogens with zero attached hydrogens (tertiary/aromatic N) is 2. The van der Waals surface area contributed by atoms with E-state index in [1.165, 1.54) is 51.9 Å². The SMILES string of the molecule is OC1c2ccc(OCCN3CCCC3)cc2-c2cc(OCCN3CCCC3)ccc21. The standard InChI is InChI=1S/C25H32N2O3/c28-25-21-7-5-19(29-15-13-26-9-1-2-10-26)17-23(21)24-18-20(6-8-22(24)25)30-16-14-27-11-3-4-12-27/h5-8,17-18,25,28H,1-4,9-16H2. The maximum absolute atomic E-state index is 10.8. The molecule has 0 aromatic heterocycles. The molecule has 0 bridgehead atoms. The molecule has 2 fully saturated rings. The fraction of sp³-hybridized carbons (Fsp3) is 0.520. The Hall–Kier alpha value is -2.08. The van der Waals surface area contributed by atoms with E-state index in [9.17, 15) is 5.11 Å². The summed E-state index contributed by atoms with van der Waals surface area (Å²) in [5, 5.41) is 10.8. The first kappa shape index (κ1) is 19.9. The summed E-state index contributed by atoms with van der Waals surface area (Å²) < 4.78 is 12.1. The zero-order valence-electron chi connectivity index (χ0n) is 17.7. The largest absolute Gasteiger partial charge is 0.492 e. The van der Waals surface area contributed by atoms with E-state index in [0.717, 1.165) is 46.8 Å². The lowest BCUT2D eigenvalue weighted by atomic mass is 10.1. The van der Waals surface area contributed by atoms with E-state index in [0.29, 0.717) is 13.2 Å². The minimum Gasteiger partial charge on any atom is -0.492 e. The van der Waals surface area contributed by atoms with Gasteiger partial charge in [-0.1, -0.05) is 12.1 Å². The van der Waals surface area contributed by atoms with Gasteiger partial charge in [-0.25, -0.2) is 0 Å². The molecule has 2 aliphatic heterocycles. The van der Waals surface area contributed by atoms with E-state index in [-0.39, 0.29) is 0 Å². The molecule has 0 spiro atoms. The molecule has 5 heteroatoms. The highest BCUT2D eigenvalue weighted by Crippen LogP contribution is 2.46. The second kappa shape index (κ2) is 8.96. The molecule has 2 saturated heterocycles. The van der Waals surface area contributed by atoms with Crippen molar-refractivity contribution in [1.29, 1.82) is 0 Å². The Labute approximate surface area is 179 Å². The average Bonchev–Trinajstić information content (AvgIpc) is 3.51. The zero-order valence-corrected chi connectivity index (χ0v) is 17.7. The van der Waals surface area contributed by atoms with Gasteiger partial charge in [-0.2, -0.15) is 0 Å². The summed E-state index contributed by atoms with van der Waals surface area (Å²) in [4.78, 5) is 4.91. The molecule has 0 unspecified atom stereocenters. The first-order chi connectivity index (χ1) is 14.8. The van der Waals surface area contributed by atoms with E-state index < -0.39 is 6.10 Å². The van der Waals surface area contributed by atoms with Crippen LogP contribution in [-0.2, 0) is 0 Å². The van der Waals surface area contributed by atoms with Gasteiger partial charge in [-0.05, 0) is 98.4 Å². The lowest BCUT2D eigenvalue weighted by Gasteiger charge is -2.16. The first-order valence-corrected chi connectivity index (χ1v) is 11.4. The van der Waals surface area contributed by atoms with Gasteiger partial charge in [0.15, 0.2) is 0 Å². The minimum atomic E-state index is -0.577. The van der Waals surface area contributed by atoms with Crippen LogP contribution in [0.1, 0.15) is 42.9 Å². The van der Waals surface area contributed by atoms with Crippen LogP contribution in [0.2, 0.25) is 0 Å². The van der Waals surface area contributed by atoms with Gasteiger partial charge in [0.2, 0.25) is 0 Å². The molecule has 5 rings (SSSR count). The van der Waals surface area contributed by atoms with Crippen molar-refractivity contribution < 1.29 is 14.6 Å². The molecule has 0 radical (unpaired) electrons. The Morgan fingerprint density at radius 2 is 1.13 bits per heavy atom. The van der Waals surface area contributed by atoms with Gasteiger partial charge < -0.3 is 14.6 Å². The van der Waals surface area contributed by atoms with Crippen LogP contribution in [0, 0.1) is 0 Å². The number of likely N-dealkylation sites (tertiary alicyclic amines) is 2. The van der Waals surface area contributed by atoms with Crippen LogP contribution < -0.4 is 9.47 Å². The molecule has 2 heterocycles. The maximum Gasteiger partial charge on any atom is 0.120 e. The van der Waals surface area contributed by atoms with Crippen molar-refractivity contribution in [1.82, 2.24) is 9.80 Å². The van der Waals surface area contributed by atoms with Crippen molar-refractivity contribution in [2.75, 3.05) is 52.5 Å². The van der Waals surface area contributed by atoms with Crippen molar-refractivity contribution in [2.45, 2.75) is 31.8 Å². The van der Waals surface area contributed by atoms with Crippen molar-refractivity contribution in [3.8, 4) is 22.6 Å². The van der Waals surface area contributed by atoms with Crippen LogP contribution in [0.4, 0.5) is 0 Å².